The zero-order valence-corrected chi connectivity index (χ0v) is 14.1. The summed E-state index contributed by atoms with van der Waals surface area (Å²) in [7, 11) is 0. The van der Waals surface area contributed by atoms with E-state index in [1.54, 1.807) is 0 Å². The van der Waals surface area contributed by atoms with Crippen molar-refractivity contribution in [3.8, 4) is 0 Å². The van der Waals surface area contributed by atoms with E-state index < -0.39 is 0 Å². The molecule has 120 valence electrons. The number of nitrogens with one attached hydrogen (secondary N) is 1. The fraction of sp³-hybridized carbons (Fsp3) is 0.684. The smallest absolute Gasteiger partial charge is 0.0281 e. The normalized spacial score (nSPS) is 15.6. The Hall–Kier alpha value is -0.860. The lowest BCUT2D eigenvalue weighted by atomic mass is 9.78. The van der Waals surface area contributed by atoms with Crippen LogP contribution in [0.4, 0.5) is 0 Å². The summed E-state index contributed by atoms with van der Waals surface area (Å²) in [4.78, 5) is 0. The monoisotopic (exact) mass is 290 g/mol. The van der Waals surface area contributed by atoms with Gasteiger partial charge in [0.15, 0.2) is 0 Å². The van der Waals surface area contributed by atoms with Crippen molar-refractivity contribution in [3.63, 3.8) is 0 Å². The first-order valence-electron chi connectivity index (χ1n) is 8.75. The minimum absolute atomic E-state index is 0.379. The van der Waals surface area contributed by atoms with Crippen molar-refractivity contribution in [1.82, 2.24) is 5.43 Å². The van der Waals surface area contributed by atoms with Crippen LogP contribution in [0.25, 0.3) is 0 Å². The van der Waals surface area contributed by atoms with Crippen LogP contribution in [0.1, 0.15) is 77.2 Å². The third-order valence-corrected chi connectivity index (χ3v) is 4.71. The molecular formula is C19H34N2. The van der Waals surface area contributed by atoms with E-state index in [9.17, 15) is 0 Å². The SMILES string of the molecule is CCCCCCCC(NN)C(c1ccccc1)C(C)CC. The molecule has 0 bridgehead atoms. The van der Waals surface area contributed by atoms with Crippen molar-refractivity contribution in [2.45, 2.75) is 77.7 Å². The van der Waals surface area contributed by atoms with Crippen LogP contribution in [0.3, 0.4) is 0 Å². The Bertz CT molecular complexity index is 350. The molecule has 21 heavy (non-hydrogen) atoms. The Balaban J connectivity index is 2.66. The third-order valence-electron chi connectivity index (χ3n) is 4.71. The molecule has 1 rings (SSSR count). The van der Waals surface area contributed by atoms with Gasteiger partial charge in [0.25, 0.3) is 0 Å². The molecule has 1 aromatic rings. The number of rotatable bonds is 11. The molecule has 2 nitrogen and oxygen atoms in total. The van der Waals surface area contributed by atoms with Crippen molar-refractivity contribution < 1.29 is 0 Å². The van der Waals surface area contributed by atoms with Gasteiger partial charge in [0, 0.05) is 12.0 Å². The number of hydrogen-bond acceptors (Lipinski definition) is 2. The molecule has 1 aromatic carbocycles. The Morgan fingerprint density at radius 3 is 2.24 bits per heavy atom. The van der Waals surface area contributed by atoms with Gasteiger partial charge in [-0.3, -0.25) is 11.3 Å². The van der Waals surface area contributed by atoms with E-state index in [0.29, 0.717) is 17.9 Å². The van der Waals surface area contributed by atoms with E-state index in [2.05, 4.69) is 56.5 Å². The third kappa shape index (κ3) is 6.19. The standard InChI is InChI=1S/C19H34N2/c1-4-6-7-8-12-15-18(21-20)19(16(3)5-2)17-13-10-9-11-14-17/h9-11,13-14,16,18-19,21H,4-8,12,15,20H2,1-3H3. The maximum absolute atomic E-state index is 5.89. The molecule has 0 aliphatic carbocycles. The highest BCUT2D eigenvalue weighted by atomic mass is 15.2. The second-order valence-corrected chi connectivity index (χ2v) is 6.30. The zero-order chi connectivity index (χ0) is 15.5. The first-order valence-corrected chi connectivity index (χ1v) is 8.75. The molecule has 3 N–H and O–H groups in total. The van der Waals surface area contributed by atoms with E-state index in [1.807, 2.05) is 0 Å². The molecule has 0 aliphatic rings. The summed E-state index contributed by atoms with van der Waals surface area (Å²) in [5.41, 5.74) is 4.53. The van der Waals surface area contributed by atoms with Crippen LogP contribution in [-0.2, 0) is 0 Å². The zero-order valence-electron chi connectivity index (χ0n) is 14.1. The van der Waals surface area contributed by atoms with Gasteiger partial charge in [-0.15, -0.1) is 0 Å². The summed E-state index contributed by atoms with van der Waals surface area (Å²) in [5, 5.41) is 0. The van der Waals surface area contributed by atoms with Crippen LogP contribution in [0, 0.1) is 5.92 Å². The van der Waals surface area contributed by atoms with E-state index in [0.717, 1.165) is 0 Å². The molecular weight excluding hydrogens is 256 g/mol. The van der Waals surface area contributed by atoms with Gasteiger partial charge in [-0.1, -0.05) is 89.6 Å². The predicted octanol–water partition coefficient (Wildman–Crippen LogP) is 5.01. The second kappa shape index (κ2) is 10.8. The van der Waals surface area contributed by atoms with Gasteiger partial charge < -0.3 is 0 Å². The minimum atomic E-state index is 0.379. The summed E-state index contributed by atoms with van der Waals surface area (Å²) in [6, 6.07) is 11.2. The number of benzene rings is 1. The largest absolute Gasteiger partial charge is 0.271 e. The maximum atomic E-state index is 5.89. The fourth-order valence-corrected chi connectivity index (χ4v) is 3.22. The molecule has 0 spiro atoms. The van der Waals surface area contributed by atoms with Crippen molar-refractivity contribution in [1.29, 1.82) is 0 Å². The molecule has 3 atom stereocenters. The second-order valence-electron chi connectivity index (χ2n) is 6.30. The summed E-state index contributed by atoms with van der Waals surface area (Å²) >= 11 is 0. The van der Waals surface area contributed by atoms with Gasteiger partial charge in [0.2, 0.25) is 0 Å². The predicted molar refractivity (Wildman–Crippen MR) is 93.1 cm³/mol. The first kappa shape index (κ1) is 18.2. The van der Waals surface area contributed by atoms with Gasteiger partial charge in [0.05, 0.1) is 0 Å². The maximum Gasteiger partial charge on any atom is 0.0281 e. The number of hydrogen-bond donors (Lipinski definition) is 2. The lowest BCUT2D eigenvalue weighted by Gasteiger charge is -2.31. The van der Waals surface area contributed by atoms with Gasteiger partial charge in [0.1, 0.15) is 0 Å². The first-order chi connectivity index (χ1) is 10.2. The van der Waals surface area contributed by atoms with Crippen LogP contribution >= 0.6 is 0 Å². The highest BCUT2D eigenvalue weighted by Crippen LogP contribution is 2.32. The summed E-state index contributed by atoms with van der Waals surface area (Å²) in [5.74, 6) is 7.04. The van der Waals surface area contributed by atoms with Crippen LogP contribution in [0.2, 0.25) is 0 Å². The topological polar surface area (TPSA) is 38.0 Å². The highest BCUT2D eigenvalue weighted by molar-refractivity contribution is 5.22. The quantitative estimate of drug-likeness (QED) is 0.341. The van der Waals surface area contributed by atoms with E-state index in [1.165, 1.54) is 50.5 Å². The molecule has 0 saturated heterocycles. The van der Waals surface area contributed by atoms with Crippen LogP contribution < -0.4 is 11.3 Å². The number of hydrazine groups is 1. The molecule has 0 heterocycles. The van der Waals surface area contributed by atoms with Crippen molar-refractivity contribution in [2.75, 3.05) is 0 Å². The molecule has 0 amide bonds. The van der Waals surface area contributed by atoms with Gasteiger partial charge >= 0.3 is 0 Å². The van der Waals surface area contributed by atoms with Gasteiger partial charge in [-0.05, 0) is 17.9 Å². The summed E-state index contributed by atoms with van der Waals surface area (Å²) in [6.45, 7) is 6.88. The van der Waals surface area contributed by atoms with Gasteiger partial charge in [-0.2, -0.15) is 0 Å². The van der Waals surface area contributed by atoms with Crippen molar-refractivity contribution in [2.24, 2.45) is 11.8 Å². The lowest BCUT2D eigenvalue weighted by Crippen LogP contribution is -2.42. The molecule has 3 unspecified atom stereocenters. The minimum Gasteiger partial charge on any atom is -0.271 e. The van der Waals surface area contributed by atoms with E-state index >= 15 is 0 Å². The highest BCUT2D eigenvalue weighted by Gasteiger charge is 2.26. The van der Waals surface area contributed by atoms with E-state index in [4.69, 9.17) is 5.84 Å². The number of nitrogens with two attached hydrogens (primary N) is 1. The van der Waals surface area contributed by atoms with E-state index in [-0.39, 0.29) is 0 Å². The van der Waals surface area contributed by atoms with Gasteiger partial charge in [-0.25, -0.2) is 0 Å². The molecule has 0 radical (unpaired) electrons. The Kier molecular flexibility index (Phi) is 9.36. The average molecular weight is 290 g/mol. The Morgan fingerprint density at radius 2 is 1.67 bits per heavy atom. The van der Waals surface area contributed by atoms with Crippen LogP contribution in [0.5, 0.6) is 0 Å². The van der Waals surface area contributed by atoms with Crippen molar-refractivity contribution in [3.05, 3.63) is 35.9 Å². The molecule has 0 aromatic heterocycles. The van der Waals surface area contributed by atoms with Crippen LogP contribution in [0.15, 0.2) is 30.3 Å². The summed E-state index contributed by atoms with van der Waals surface area (Å²) in [6.07, 6.45) is 8.97. The average Bonchev–Trinajstić information content (AvgIpc) is 2.54. The van der Waals surface area contributed by atoms with Crippen molar-refractivity contribution >= 4 is 0 Å². The molecule has 0 saturated carbocycles. The number of unbranched alkanes of at least 4 members (excludes halogenated alkanes) is 4. The fourth-order valence-electron chi connectivity index (χ4n) is 3.22. The summed E-state index contributed by atoms with van der Waals surface area (Å²) < 4.78 is 0. The molecule has 0 fully saturated rings. The Labute approximate surface area is 131 Å². The van der Waals surface area contributed by atoms with Crippen LogP contribution in [-0.4, -0.2) is 6.04 Å². The lowest BCUT2D eigenvalue weighted by molar-refractivity contribution is 0.316. The Morgan fingerprint density at radius 1 is 1.00 bits per heavy atom. The molecule has 2 heteroatoms. The molecule has 0 aliphatic heterocycles.